The van der Waals surface area contributed by atoms with Crippen LogP contribution in [0.15, 0.2) is 42.5 Å². The number of benzene rings is 1. The lowest BCUT2D eigenvalue weighted by Crippen LogP contribution is -2.43. The quantitative estimate of drug-likeness (QED) is 0.817. The molecule has 0 aromatic heterocycles. The fraction of sp³-hybridized carbons (Fsp3) is 0.619. The summed E-state index contributed by atoms with van der Waals surface area (Å²) in [6.45, 7) is 2.81. The van der Waals surface area contributed by atoms with E-state index in [2.05, 4.69) is 29.2 Å². The number of nitrogens with zero attached hydrogens (tertiary/aromatic N) is 1. The molecule has 1 aromatic carbocycles. The van der Waals surface area contributed by atoms with Gasteiger partial charge in [-0.2, -0.15) is 0 Å². The third kappa shape index (κ3) is 3.05. The Bertz CT molecular complexity index is 579. The molecule has 0 radical (unpaired) electrons. The van der Waals surface area contributed by atoms with Crippen LogP contribution in [0.1, 0.15) is 37.7 Å². The minimum Gasteiger partial charge on any atom is -0.393 e. The van der Waals surface area contributed by atoms with Crippen molar-refractivity contribution in [3.05, 3.63) is 48.0 Å². The van der Waals surface area contributed by atoms with Crippen LogP contribution in [-0.2, 0) is 5.60 Å². The minimum absolute atomic E-state index is 0.134. The van der Waals surface area contributed by atoms with Crippen LogP contribution >= 0.6 is 0 Å². The minimum atomic E-state index is -0.735. The van der Waals surface area contributed by atoms with Gasteiger partial charge in [-0.3, -0.25) is 0 Å². The molecule has 130 valence electrons. The van der Waals surface area contributed by atoms with E-state index in [9.17, 15) is 10.2 Å². The second-order valence-corrected chi connectivity index (χ2v) is 8.00. The first-order valence-corrected chi connectivity index (χ1v) is 9.52. The number of allylic oxidation sites excluding steroid dienone is 2. The second-order valence-electron chi connectivity index (χ2n) is 8.00. The highest BCUT2D eigenvalue weighted by Gasteiger charge is 2.48. The zero-order valence-corrected chi connectivity index (χ0v) is 14.3. The van der Waals surface area contributed by atoms with E-state index >= 15 is 0 Å². The van der Waals surface area contributed by atoms with Crippen molar-refractivity contribution in [1.82, 2.24) is 4.90 Å². The monoisotopic (exact) mass is 327 g/mol. The predicted octanol–water partition coefficient (Wildman–Crippen LogP) is 2.93. The summed E-state index contributed by atoms with van der Waals surface area (Å²) in [5.41, 5.74) is 0.342. The van der Waals surface area contributed by atoms with Crippen molar-refractivity contribution in [2.24, 2.45) is 17.8 Å². The topological polar surface area (TPSA) is 43.7 Å². The van der Waals surface area contributed by atoms with Crippen LogP contribution < -0.4 is 0 Å². The summed E-state index contributed by atoms with van der Waals surface area (Å²) in [7, 11) is 0. The Balaban J connectivity index is 1.51. The molecule has 2 N–H and O–H groups in total. The Morgan fingerprint density at radius 3 is 2.42 bits per heavy atom. The van der Waals surface area contributed by atoms with Crippen LogP contribution in [0, 0.1) is 17.8 Å². The first-order chi connectivity index (χ1) is 11.6. The molecular formula is C21H29NO2. The fourth-order valence-electron chi connectivity index (χ4n) is 5.07. The van der Waals surface area contributed by atoms with Crippen LogP contribution in [0.5, 0.6) is 0 Å². The van der Waals surface area contributed by atoms with Crippen molar-refractivity contribution in [2.75, 3.05) is 19.6 Å². The third-order valence-electron chi connectivity index (χ3n) is 6.53. The van der Waals surface area contributed by atoms with Gasteiger partial charge in [0.15, 0.2) is 0 Å². The van der Waals surface area contributed by atoms with Crippen LogP contribution in [0.3, 0.4) is 0 Å². The Kier molecular flexibility index (Phi) is 4.50. The molecule has 3 aliphatic rings. The molecule has 0 amide bonds. The van der Waals surface area contributed by atoms with Gasteiger partial charge >= 0.3 is 0 Å². The first kappa shape index (κ1) is 16.3. The molecule has 3 nitrogen and oxygen atoms in total. The Morgan fingerprint density at radius 1 is 1.04 bits per heavy atom. The van der Waals surface area contributed by atoms with Crippen molar-refractivity contribution >= 4 is 0 Å². The molecule has 2 fully saturated rings. The van der Waals surface area contributed by atoms with Gasteiger partial charge in [0.2, 0.25) is 0 Å². The molecule has 1 aliphatic heterocycles. The van der Waals surface area contributed by atoms with Crippen LogP contribution in [-0.4, -0.2) is 40.9 Å². The van der Waals surface area contributed by atoms with Gasteiger partial charge in [-0.05, 0) is 55.4 Å². The van der Waals surface area contributed by atoms with Crippen molar-refractivity contribution < 1.29 is 10.2 Å². The first-order valence-electron chi connectivity index (χ1n) is 9.52. The van der Waals surface area contributed by atoms with Crippen molar-refractivity contribution in [3.8, 4) is 0 Å². The molecule has 3 heteroatoms. The highest BCUT2D eigenvalue weighted by molar-refractivity contribution is 5.27. The van der Waals surface area contributed by atoms with Crippen LogP contribution in [0.4, 0.5) is 0 Å². The number of hydrogen-bond acceptors (Lipinski definition) is 3. The van der Waals surface area contributed by atoms with Crippen LogP contribution in [0.2, 0.25) is 0 Å². The number of hydrogen-bond donors (Lipinski definition) is 2. The largest absolute Gasteiger partial charge is 0.393 e. The maximum absolute atomic E-state index is 11.8. The summed E-state index contributed by atoms with van der Waals surface area (Å²) < 4.78 is 0. The zero-order chi connectivity index (χ0) is 16.6. The molecule has 1 heterocycles. The smallest absolute Gasteiger partial charge is 0.0942 e. The van der Waals surface area contributed by atoms with Gasteiger partial charge < -0.3 is 15.1 Å². The van der Waals surface area contributed by atoms with Crippen molar-refractivity contribution in [3.63, 3.8) is 0 Å². The molecule has 2 bridgehead atoms. The molecule has 4 atom stereocenters. The molecule has 2 aliphatic carbocycles. The van der Waals surface area contributed by atoms with Crippen LogP contribution in [0.25, 0.3) is 0 Å². The Hall–Kier alpha value is -1.16. The van der Waals surface area contributed by atoms with E-state index in [-0.39, 0.29) is 6.10 Å². The maximum Gasteiger partial charge on any atom is 0.0942 e. The number of fused-ring (bicyclic) bond motifs is 2. The van der Waals surface area contributed by atoms with Gasteiger partial charge in [-0.25, -0.2) is 0 Å². The SMILES string of the molecule is OC1CCN(CCC(O)(c2ccccc2)[C@H]2C[C@@H]3C=C[C@H]2C3)CC1. The normalized spacial score (nSPS) is 33.0. The maximum atomic E-state index is 11.8. The Morgan fingerprint density at radius 2 is 1.79 bits per heavy atom. The van der Waals surface area contributed by atoms with E-state index in [1.54, 1.807) is 0 Å². The molecule has 1 saturated heterocycles. The Labute approximate surface area is 145 Å². The summed E-state index contributed by atoms with van der Waals surface area (Å²) in [5.74, 6) is 1.54. The summed E-state index contributed by atoms with van der Waals surface area (Å²) in [6, 6.07) is 10.3. The van der Waals surface area contributed by atoms with Gasteiger partial charge in [-0.15, -0.1) is 0 Å². The lowest BCUT2D eigenvalue weighted by molar-refractivity contribution is -0.0514. The number of piperidine rings is 1. The van der Waals surface area contributed by atoms with Gasteiger partial charge in [0.1, 0.15) is 0 Å². The van der Waals surface area contributed by atoms with E-state index in [0.29, 0.717) is 17.8 Å². The molecule has 4 rings (SSSR count). The predicted molar refractivity (Wildman–Crippen MR) is 95.5 cm³/mol. The molecule has 1 saturated carbocycles. The fourth-order valence-corrected chi connectivity index (χ4v) is 5.07. The molecule has 1 unspecified atom stereocenters. The summed E-state index contributed by atoms with van der Waals surface area (Å²) in [4.78, 5) is 2.41. The summed E-state index contributed by atoms with van der Waals surface area (Å²) in [6.07, 6.45) is 9.39. The standard InChI is InChI=1S/C21H29NO2/c23-19-8-11-22(12-9-19)13-10-21(24,18-4-2-1-3-5-18)20-15-16-6-7-17(20)14-16/h1-7,16-17,19-20,23-24H,8-15H2/t16-,17+,20+,21?/m1/s1. The second kappa shape index (κ2) is 6.62. The number of rotatable bonds is 5. The lowest BCUT2D eigenvalue weighted by Gasteiger charge is -2.40. The average molecular weight is 327 g/mol. The van der Waals surface area contributed by atoms with Gasteiger partial charge in [-0.1, -0.05) is 42.5 Å². The van der Waals surface area contributed by atoms with Crippen molar-refractivity contribution in [2.45, 2.75) is 43.8 Å². The zero-order valence-electron chi connectivity index (χ0n) is 14.3. The van der Waals surface area contributed by atoms with E-state index < -0.39 is 5.60 Å². The van der Waals surface area contributed by atoms with Crippen molar-refractivity contribution in [1.29, 1.82) is 0 Å². The third-order valence-corrected chi connectivity index (χ3v) is 6.53. The average Bonchev–Trinajstić information content (AvgIpc) is 3.25. The summed E-state index contributed by atoms with van der Waals surface area (Å²) in [5, 5.41) is 21.5. The highest BCUT2D eigenvalue weighted by atomic mass is 16.3. The van der Waals surface area contributed by atoms with E-state index in [4.69, 9.17) is 0 Å². The van der Waals surface area contributed by atoms with E-state index in [1.165, 1.54) is 6.42 Å². The van der Waals surface area contributed by atoms with Gasteiger partial charge in [0.25, 0.3) is 0 Å². The number of aliphatic hydroxyl groups is 2. The van der Waals surface area contributed by atoms with Gasteiger partial charge in [0.05, 0.1) is 11.7 Å². The highest BCUT2D eigenvalue weighted by Crippen LogP contribution is 2.52. The number of likely N-dealkylation sites (tertiary alicyclic amines) is 1. The number of aliphatic hydroxyl groups excluding tert-OH is 1. The molecule has 1 aromatic rings. The molecule has 24 heavy (non-hydrogen) atoms. The lowest BCUT2D eigenvalue weighted by atomic mass is 9.72. The van der Waals surface area contributed by atoms with Gasteiger partial charge in [0, 0.05) is 19.6 Å². The molecule has 0 spiro atoms. The van der Waals surface area contributed by atoms with E-state index in [1.807, 2.05) is 18.2 Å². The summed E-state index contributed by atoms with van der Waals surface area (Å²) >= 11 is 0. The van der Waals surface area contributed by atoms with E-state index in [0.717, 1.165) is 50.9 Å². The molecular weight excluding hydrogens is 298 g/mol.